The van der Waals surface area contributed by atoms with Crippen molar-refractivity contribution in [1.29, 1.82) is 0 Å². The molecule has 0 aliphatic heterocycles. The summed E-state index contributed by atoms with van der Waals surface area (Å²) in [5.74, 6) is 0.00164. The number of aliphatic hydroxyl groups is 1. The van der Waals surface area contributed by atoms with Gasteiger partial charge in [-0.3, -0.25) is 10.1 Å². The van der Waals surface area contributed by atoms with Crippen LogP contribution in [0.2, 0.25) is 0 Å². The smallest absolute Gasteiger partial charge is 0.269 e. The number of rotatable bonds is 4. The molecule has 2 N–H and O–H groups in total. The van der Waals surface area contributed by atoms with Crippen molar-refractivity contribution in [2.24, 2.45) is 21.1 Å². The number of azo groups is 1. The molecular weight excluding hydrogens is 418 g/mol. The van der Waals surface area contributed by atoms with Crippen LogP contribution in [0.4, 0.5) is 11.4 Å². The number of nitrogens with zero attached hydrogens (tertiary/aromatic N) is 3. The molecule has 0 spiro atoms. The Morgan fingerprint density at radius 2 is 1.61 bits per heavy atom. The Hall–Kier alpha value is -3.32. The summed E-state index contributed by atoms with van der Waals surface area (Å²) in [6.07, 6.45) is 2.86. The second-order valence-electron chi connectivity index (χ2n) is 10.4. The van der Waals surface area contributed by atoms with Crippen LogP contribution in [0.15, 0.2) is 76.5 Å². The van der Waals surface area contributed by atoms with Crippen molar-refractivity contribution in [2.45, 2.75) is 53.2 Å². The zero-order valence-corrected chi connectivity index (χ0v) is 19.9. The fourth-order valence-electron chi connectivity index (χ4n) is 3.96. The number of hydrogen-bond donors (Lipinski definition) is 2. The van der Waals surface area contributed by atoms with Gasteiger partial charge in [0.15, 0.2) is 0 Å². The van der Waals surface area contributed by atoms with Crippen LogP contribution in [-0.4, -0.2) is 26.8 Å². The molecule has 0 radical (unpaired) electrons. The number of para-hydroxylation sites is 1. The highest BCUT2D eigenvalue weighted by molar-refractivity contribution is 5.79. The van der Waals surface area contributed by atoms with Crippen LogP contribution in [0.1, 0.15) is 47.1 Å². The summed E-state index contributed by atoms with van der Waals surface area (Å²) in [6.45, 7) is 12.0. The maximum Gasteiger partial charge on any atom is 0.269 e. The van der Waals surface area contributed by atoms with E-state index in [-0.39, 0.29) is 16.9 Å². The van der Waals surface area contributed by atoms with Crippen LogP contribution in [-0.2, 0) is 0 Å². The van der Waals surface area contributed by atoms with Crippen molar-refractivity contribution in [2.75, 3.05) is 0 Å². The summed E-state index contributed by atoms with van der Waals surface area (Å²) < 4.78 is 0. The molecule has 0 saturated heterocycles. The molecule has 0 fully saturated rings. The van der Waals surface area contributed by atoms with E-state index in [0.29, 0.717) is 5.69 Å². The van der Waals surface area contributed by atoms with Gasteiger partial charge in [-0.05, 0) is 57.9 Å². The molecule has 7 heteroatoms. The van der Waals surface area contributed by atoms with Gasteiger partial charge in [-0.15, -0.1) is 0 Å². The van der Waals surface area contributed by atoms with E-state index in [1.807, 2.05) is 53.7 Å². The third-order valence-corrected chi connectivity index (χ3v) is 6.08. The van der Waals surface area contributed by atoms with Crippen LogP contribution in [0.3, 0.4) is 0 Å². The molecule has 2 aromatic carbocycles. The van der Waals surface area contributed by atoms with Crippen LogP contribution >= 0.6 is 0 Å². The second kappa shape index (κ2) is 8.56. The largest absolute Gasteiger partial charge is 0.506 e. The molecular formula is C26H31N3O4. The Bertz CT molecular complexity index is 1140. The fraction of sp³-hybridized carbons (Fsp3) is 0.385. The molecule has 0 saturated carbocycles. The average Bonchev–Trinajstić information content (AvgIpc) is 2.72. The van der Waals surface area contributed by atoms with E-state index in [0.717, 1.165) is 16.7 Å². The minimum atomic E-state index is -1.15. The molecule has 7 nitrogen and oxygen atoms in total. The summed E-state index contributed by atoms with van der Waals surface area (Å²) in [5, 5.41) is 42.0. The number of phenols is 1. The number of allylic oxidation sites excluding steroid dienone is 2. The van der Waals surface area contributed by atoms with E-state index in [9.17, 15) is 20.3 Å². The van der Waals surface area contributed by atoms with Crippen molar-refractivity contribution >= 4 is 16.9 Å². The molecule has 1 aliphatic carbocycles. The minimum absolute atomic E-state index is 0.00164. The predicted molar refractivity (Wildman–Crippen MR) is 129 cm³/mol. The number of phenolic OH excluding ortho intramolecular Hbond substituents is 1. The van der Waals surface area contributed by atoms with Gasteiger partial charge in [0.2, 0.25) is 0 Å². The van der Waals surface area contributed by atoms with Gasteiger partial charge in [0.05, 0.1) is 4.92 Å². The first-order valence-corrected chi connectivity index (χ1v) is 10.8. The second-order valence-corrected chi connectivity index (χ2v) is 10.4. The van der Waals surface area contributed by atoms with Gasteiger partial charge in [-0.25, -0.2) is 0 Å². The number of hydrogen-bond acceptors (Lipinski definition) is 6. The maximum absolute atomic E-state index is 11.7. The summed E-state index contributed by atoms with van der Waals surface area (Å²) in [4.78, 5) is 10.7. The fourth-order valence-corrected chi connectivity index (χ4v) is 3.96. The van der Waals surface area contributed by atoms with Crippen molar-refractivity contribution in [3.8, 4) is 5.75 Å². The van der Waals surface area contributed by atoms with Crippen LogP contribution in [0, 0.1) is 20.9 Å². The number of aromatic hydroxyl groups is 1. The lowest BCUT2D eigenvalue weighted by atomic mass is 9.62. The summed E-state index contributed by atoms with van der Waals surface area (Å²) in [5.41, 5.74) is 0.597. The monoisotopic (exact) mass is 449 g/mol. The highest BCUT2D eigenvalue weighted by Gasteiger charge is 2.52. The molecule has 0 heterocycles. The SMILES string of the molecule is CC(C)(C)C1=CC(c2ccc([N+](=O)[O-])cc2)=CC(N=Nc2ccccc2O)(C(C)(C)C)C1O. The zero-order valence-electron chi connectivity index (χ0n) is 19.9. The highest BCUT2D eigenvalue weighted by Crippen LogP contribution is 2.50. The first-order valence-electron chi connectivity index (χ1n) is 10.8. The molecule has 1 aliphatic rings. The third-order valence-electron chi connectivity index (χ3n) is 6.08. The van der Waals surface area contributed by atoms with Gasteiger partial charge in [0, 0.05) is 12.1 Å². The predicted octanol–water partition coefficient (Wildman–Crippen LogP) is 6.60. The van der Waals surface area contributed by atoms with Crippen molar-refractivity contribution in [3.63, 3.8) is 0 Å². The van der Waals surface area contributed by atoms with Gasteiger partial charge in [-0.1, -0.05) is 59.8 Å². The van der Waals surface area contributed by atoms with Gasteiger partial charge in [0.25, 0.3) is 5.69 Å². The van der Waals surface area contributed by atoms with E-state index in [1.165, 1.54) is 18.2 Å². The lowest BCUT2D eigenvalue weighted by molar-refractivity contribution is -0.384. The number of nitro groups is 1. The first kappa shape index (κ1) is 24.3. The number of aliphatic hydroxyl groups excluding tert-OH is 1. The summed E-state index contributed by atoms with van der Waals surface area (Å²) in [7, 11) is 0. The topological polar surface area (TPSA) is 108 Å². The Kier molecular flexibility index (Phi) is 6.31. The first-order chi connectivity index (χ1) is 15.3. The van der Waals surface area contributed by atoms with E-state index in [1.54, 1.807) is 30.3 Å². The molecule has 2 aromatic rings. The lowest BCUT2D eigenvalue weighted by Crippen LogP contribution is -2.53. The Labute approximate surface area is 194 Å². The average molecular weight is 450 g/mol. The Morgan fingerprint density at radius 1 is 1.00 bits per heavy atom. The van der Waals surface area contributed by atoms with E-state index >= 15 is 0 Å². The van der Waals surface area contributed by atoms with Gasteiger partial charge >= 0.3 is 0 Å². The zero-order chi connectivity index (χ0) is 24.6. The Balaban J connectivity index is 2.24. The number of benzene rings is 2. The highest BCUT2D eigenvalue weighted by atomic mass is 16.6. The molecule has 0 bridgehead atoms. The van der Waals surface area contributed by atoms with E-state index < -0.39 is 22.0 Å². The normalized spacial score (nSPS) is 21.6. The van der Waals surface area contributed by atoms with Crippen molar-refractivity contribution in [3.05, 3.63) is 81.9 Å². The molecule has 0 amide bonds. The molecule has 3 rings (SSSR count). The molecule has 174 valence electrons. The number of nitro benzene ring substituents is 1. The lowest BCUT2D eigenvalue weighted by Gasteiger charge is -2.47. The van der Waals surface area contributed by atoms with Crippen LogP contribution in [0.5, 0.6) is 5.75 Å². The molecule has 0 aromatic heterocycles. The summed E-state index contributed by atoms with van der Waals surface area (Å²) >= 11 is 0. The van der Waals surface area contributed by atoms with Crippen LogP contribution in [0.25, 0.3) is 5.57 Å². The molecule has 2 unspecified atom stereocenters. The van der Waals surface area contributed by atoms with Gasteiger partial charge in [0.1, 0.15) is 23.1 Å². The van der Waals surface area contributed by atoms with Crippen LogP contribution < -0.4 is 0 Å². The van der Waals surface area contributed by atoms with E-state index in [4.69, 9.17) is 0 Å². The van der Waals surface area contributed by atoms with Gasteiger partial charge < -0.3 is 10.2 Å². The van der Waals surface area contributed by atoms with Crippen molar-refractivity contribution in [1.82, 2.24) is 0 Å². The van der Waals surface area contributed by atoms with Crippen molar-refractivity contribution < 1.29 is 15.1 Å². The quantitative estimate of drug-likeness (QED) is 0.311. The number of non-ortho nitro benzene ring substituents is 1. The third kappa shape index (κ3) is 4.73. The molecule has 33 heavy (non-hydrogen) atoms. The minimum Gasteiger partial charge on any atom is -0.506 e. The van der Waals surface area contributed by atoms with E-state index in [2.05, 4.69) is 10.2 Å². The maximum atomic E-state index is 11.7. The summed E-state index contributed by atoms with van der Waals surface area (Å²) in [6, 6.07) is 13.0. The Morgan fingerprint density at radius 3 is 2.12 bits per heavy atom. The molecule has 2 atom stereocenters. The van der Waals surface area contributed by atoms with Gasteiger partial charge in [-0.2, -0.15) is 10.2 Å². The standard InChI is InChI=1S/C26H31N3O4/c1-24(2,3)20-15-18(17-11-13-19(14-12-17)29(32)33)16-26(23(20)31,25(4,5)6)28-27-21-9-7-8-10-22(21)30/h7-16,23,30-31H,1-6H3.